The minimum absolute atomic E-state index is 0.0703. The number of carbonyl (C=O) groups excluding carboxylic acids is 1. The second-order valence-corrected chi connectivity index (χ2v) is 9.16. The summed E-state index contributed by atoms with van der Waals surface area (Å²) in [4.78, 5) is 12.7. The average molecular weight is 500 g/mol. The van der Waals surface area contributed by atoms with E-state index in [1.165, 1.54) is 44.6 Å². The lowest BCUT2D eigenvalue weighted by Crippen LogP contribution is -2.40. The summed E-state index contributed by atoms with van der Waals surface area (Å²) in [6.45, 7) is 1.18. The van der Waals surface area contributed by atoms with E-state index < -0.39 is 28.3 Å². The molecule has 0 heterocycles. The number of halogens is 1. The van der Waals surface area contributed by atoms with Crippen molar-refractivity contribution in [3.8, 4) is 11.5 Å². The van der Waals surface area contributed by atoms with Crippen LogP contribution in [0.15, 0.2) is 82.8 Å². The number of ether oxygens (including phenoxy) is 2. The van der Waals surface area contributed by atoms with Gasteiger partial charge in [0.2, 0.25) is 0 Å². The molecule has 0 spiro atoms. The molecule has 0 atom stereocenters. The highest BCUT2D eigenvalue weighted by molar-refractivity contribution is 7.92. The van der Waals surface area contributed by atoms with Crippen molar-refractivity contribution in [3.05, 3.63) is 84.2 Å². The van der Waals surface area contributed by atoms with Crippen LogP contribution in [0, 0.1) is 5.82 Å². The molecule has 0 bridgehead atoms. The van der Waals surface area contributed by atoms with Gasteiger partial charge in [0.15, 0.2) is 11.5 Å². The van der Waals surface area contributed by atoms with Crippen LogP contribution in [0.5, 0.6) is 11.5 Å². The van der Waals surface area contributed by atoms with E-state index in [1.807, 2.05) is 6.92 Å². The summed E-state index contributed by atoms with van der Waals surface area (Å²) in [7, 11) is -1.20. The lowest BCUT2D eigenvalue weighted by Gasteiger charge is -2.24. The zero-order valence-electron chi connectivity index (χ0n) is 19.6. The van der Waals surface area contributed by atoms with Gasteiger partial charge >= 0.3 is 0 Å². The van der Waals surface area contributed by atoms with Crippen molar-refractivity contribution >= 4 is 27.3 Å². The number of methoxy groups -OCH3 is 2. The topological polar surface area (TPSA) is 97.3 Å². The molecule has 0 fully saturated rings. The predicted molar refractivity (Wildman–Crippen MR) is 132 cm³/mol. The molecule has 0 saturated heterocycles. The molecule has 0 saturated carbocycles. The summed E-state index contributed by atoms with van der Waals surface area (Å²) in [5, 5.41) is 4.17. The number of anilines is 1. The highest BCUT2D eigenvalue weighted by Gasteiger charge is 2.29. The predicted octanol–water partition coefficient (Wildman–Crippen LogP) is 3.97. The van der Waals surface area contributed by atoms with Gasteiger partial charge in [-0.3, -0.25) is 9.10 Å². The van der Waals surface area contributed by atoms with Crippen LogP contribution < -0.4 is 19.2 Å². The SMILES string of the molecule is CC/C(=N/NC(=O)CN(c1ccccc1F)S(=O)(=O)c1ccccc1)c1ccc(OC)c(OC)c1. The van der Waals surface area contributed by atoms with Crippen LogP contribution in [0.25, 0.3) is 0 Å². The number of sulfonamides is 1. The molecule has 0 unspecified atom stereocenters. The number of nitrogens with zero attached hydrogens (tertiary/aromatic N) is 2. The molecule has 0 aliphatic carbocycles. The van der Waals surface area contributed by atoms with Gasteiger partial charge in [-0.25, -0.2) is 18.2 Å². The normalized spacial score (nSPS) is 11.6. The number of benzene rings is 3. The Kier molecular flexibility index (Phi) is 8.43. The molecule has 1 N–H and O–H groups in total. The Morgan fingerprint density at radius 1 is 0.971 bits per heavy atom. The molecule has 0 aliphatic heterocycles. The summed E-state index contributed by atoms with van der Waals surface area (Å²) < 4.78 is 52.4. The van der Waals surface area contributed by atoms with Crippen molar-refractivity contribution in [2.45, 2.75) is 18.2 Å². The first kappa shape index (κ1) is 25.7. The van der Waals surface area contributed by atoms with E-state index in [0.717, 1.165) is 10.4 Å². The first-order valence-corrected chi connectivity index (χ1v) is 12.2. The van der Waals surface area contributed by atoms with Crippen LogP contribution in [-0.2, 0) is 14.8 Å². The fourth-order valence-corrected chi connectivity index (χ4v) is 4.78. The Balaban J connectivity index is 1.89. The first-order chi connectivity index (χ1) is 16.8. The van der Waals surface area contributed by atoms with Gasteiger partial charge in [0.25, 0.3) is 15.9 Å². The van der Waals surface area contributed by atoms with E-state index in [1.54, 1.807) is 36.4 Å². The molecular formula is C25H26FN3O5S. The van der Waals surface area contributed by atoms with Crippen LogP contribution in [-0.4, -0.2) is 40.8 Å². The maximum absolute atomic E-state index is 14.6. The number of hydrazone groups is 1. The number of rotatable bonds is 10. The summed E-state index contributed by atoms with van der Waals surface area (Å²) in [6.07, 6.45) is 0.467. The Morgan fingerprint density at radius 2 is 1.63 bits per heavy atom. The number of nitrogens with one attached hydrogen (secondary N) is 1. The minimum atomic E-state index is -4.23. The maximum atomic E-state index is 14.6. The molecule has 35 heavy (non-hydrogen) atoms. The van der Waals surface area contributed by atoms with Crippen molar-refractivity contribution < 1.29 is 27.1 Å². The van der Waals surface area contributed by atoms with Crippen molar-refractivity contribution in [2.24, 2.45) is 5.10 Å². The van der Waals surface area contributed by atoms with Gasteiger partial charge in [-0.1, -0.05) is 37.3 Å². The number of para-hydroxylation sites is 1. The van der Waals surface area contributed by atoms with Gasteiger partial charge in [0.05, 0.1) is 30.5 Å². The highest BCUT2D eigenvalue weighted by Crippen LogP contribution is 2.28. The van der Waals surface area contributed by atoms with Gasteiger partial charge in [-0.15, -0.1) is 0 Å². The number of carbonyl (C=O) groups is 1. The van der Waals surface area contributed by atoms with E-state index in [-0.39, 0.29) is 10.6 Å². The first-order valence-electron chi connectivity index (χ1n) is 10.7. The van der Waals surface area contributed by atoms with Crippen LogP contribution in [0.3, 0.4) is 0 Å². The van der Waals surface area contributed by atoms with Crippen LogP contribution in [0.4, 0.5) is 10.1 Å². The Labute approximate surface area is 204 Å². The lowest BCUT2D eigenvalue weighted by molar-refractivity contribution is -0.119. The molecule has 1 amide bonds. The average Bonchev–Trinajstić information content (AvgIpc) is 2.88. The van der Waals surface area contributed by atoms with Crippen molar-refractivity contribution in [2.75, 3.05) is 25.1 Å². The van der Waals surface area contributed by atoms with Crippen molar-refractivity contribution in [1.82, 2.24) is 5.43 Å². The zero-order chi connectivity index (χ0) is 25.4. The Morgan fingerprint density at radius 3 is 2.26 bits per heavy atom. The van der Waals surface area contributed by atoms with E-state index in [4.69, 9.17) is 9.47 Å². The molecule has 10 heteroatoms. The van der Waals surface area contributed by atoms with Gasteiger partial charge < -0.3 is 9.47 Å². The van der Waals surface area contributed by atoms with E-state index in [9.17, 15) is 17.6 Å². The van der Waals surface area contributed by atoms with Gasteiger partial charge in [-0.05, 0) is 48.9 Å². The molecule has 8 nitrogen and oxygen atoms in total. The monoisotopic (exact) mass is 499 g/mol. The molecular weight excluding hydrogens is 473 g/mol. The number of amides is 1. The summed E-state index contributed by atoms with van der Waals surface area (Å²) in [6, 6.07) is 18.1. The summed E-state index contributed by atoms with van der Waals surface area (Å²) in [5.41, 5.74) is 3.36. The fourth-order valence-electron chi connectivity index (χ4n) is 3.33. The van der Waals surface area contributed by atoms with Crippen LogP contribution in [0.1, 0.15) is 18.9 Å². The van der Waals surface area contributed by atoms with E-state index >= 15 is 0 Å². The molecule has 0 radical (unpaired) electrons. The quantitative estimate of drug-likeness (QED) is 0.336. The van der Waals surface area contributed by atoms with E-state index in [2.05, 4.69) is 10.5 Å². The standard InChI is InChI=1S/C25H26FN3O5S/c1-4-21(18-14-15-23(33-2)24(16-18)34-3)27-28-25(30)17-29(22-13-9-8-12-20(22)26)35(31,32)19-10-6-5-7-11-19/h5-16H,4,17H2,1-3H3,(H,28,30)/b27-21-. The van der Waals surface area contributed by atoms with Crippen molar-refractivity contribution in [3.63, 3.8) is 0 Å². The minimum Gasteiger partial charge on any atom is -0.493 e. The zero-order valence-corrected chi connectivity index (χ0v) is 20.4. The number of hydrogen-bond acceptors (Lipinski definition) is 6. The van der Waals surface area contributed by atoms with Crippen LogP contribution >= 0.6 is 0 Å². The van der Waals surface area contributed by atoms with Gasteiger partial charge in [0.1, 0.15) is 12.4 Å². The fraction of sp³-hybridized carbons (Fsp3) is 0.200. The number of hydrogen-bond donors (Lipinski definition) is 1. The third-order valence-corrected chi connectivity index (χ3v) is 6.88. The summed E-state index contributed by atoms with van der Waals surface area (Å²) in [5.74, 6) is -0.471. The molecule has 3 rings (SSSR count). The van der Waals surface area contributed by atoms with Gasteiger partial charge in [0, 0.05) is 5.56 Å². The maximum Gasteiger partial charge on any atom is 0.264 e. The molecule has 0 aromatic heterocycles. The van der Waals surface area contributed by atoms with Crippen LogP contribution in [0.2, 0.25) is 0 Å². The highest BCUT2D eigenvalue weighted by atomic mass is 32.2. The lowest BCUT2D eigenvalue weighted by atomic mass is 10.1. The second kappa shape index (κ2) is 11.5. The molecule has 184 valence electrons. The van der Waals surface area contributed by atoms with Crippen molar-refractivity contribution in [1.29, 1.82) is 0 Å². The van der Waals surface area contributed by atoms with Gasteiger partial charge in [-0.2, -0.15) is 5.10 Å². The molecule has 3 aromatic rings. The smallest absolute Gasteiger partial charge is 0.264 e. The largest absolute Gasteiger partial charge is 0.493 e. The third-order valence-electron chi connectivity index (χ3n) is 5.11. The third kappa shape index (κ3) is 5.96. The Bertz CT molecular complexity index is 1310. The second-order valence-electron chi connectivity index (χ2n) is 7.29. The summed E-state index contributed by atoms with van der Waals surface area (Å²) >= 11 is 0. The Hall–Kier alpha value is -3.92. The van der Waals surface area contributed by atoms with E-state index in [0.29, 0.717) is 29.2 Å². The molecule has 0 aliphatic rings. The molecule has 3 aromatic carbocycles.